The zero-order chi connectivity index (χ0) is 13.4. The number of hydrogen-bond donors (Lipinski definition) is 1. The standard InChI is InChI=1S/C12H23N3O2S/c1-10-11(9-13-5-7-16-3)18-12(14-10)15(2)6-8-17-4/h13H,5-9H2,1-4H3. The lowest BCUT2D eigenvalue weighted by atomic mass is 10.4. The van der Waals surface area contributed by atoms with E-state index in [-0.39, 0.29) is 0 Å². The summed E-state index contributed by atoms with van der Waals surface area (Å²) in [6.07, 6.45) is 0. The average Bonchev–Trinajstić information content (AvgIpc) is 2.73. The second kappa shape index (κ2) is 8.42. The lowest BCUT2D eigenvalue weighted by molar-refractivity contribution is 0.199. The minimum absolute atomic E-state index is 0.719. The van der Waals surface area contributed by atoms with E-state index >= 15 is 0 Å². The predicted molar refractivity (Wildman–Crippen MR) is 75.6 cm³/mol. The van der Waals surface area contributed by atoms with Gasteiger partial charge in [0.15, 0.2) is 5.13 Å². The van der Waals surface area contributed by atoms with Crippen LogP contribution < -0.4 is 10.2 Å². The van der Waals surface area contributed by atoms with Crippen LogP contribution in [0, 0.1) is 6.92 Å². The summed E-state index contributed by atoms with van der Waals surface area (Å²) in [6.45, 7) is 6.08. The van der Waals surface area contributed by atoms with Gasteiger partial charge in [0, 0.05) is 45.8 Å². The van der Waals surface area contributed by atoms with Crippen LogP contribution in [0.25, 0.3) is 0 Å². The SMILES string of the molecule is COCCNCc1sc(N(C)CCOC)nc1C. The summed E-state index contributed by atoms with van der Waals surface area (Å²) in [6, 6.07) is 0. The Balaban J connectivity index is 2.47. The first-order valence-electron chi connectivity index (χ1n) is 6.05. The average molecular weight is 273 g/mol. The number of nitrogens with zero attached hydrogens (tertiary/aromatic N) is 2. The van der Waals surface area contributed by atoms with Crippen LogP contribution in [-0.2, 0) is 16.0 Å². The number of ether oxygens (including phenoxy) is 2. The topological polar surface area (TPSA) is 46.6 Å². The molecule has 0 fully saturated rings. The van der Waals surface area contributed by atoms with E-state index in [2.05, 4.69) is 22.1 Å². The van der Waals surface area contributed by atoms with Gasteiger partial charge >= 0.3 is 0 Å². The van der Waals surface area contributed by atoms with Gasteiger partial charge in [0.05, 0.1) is 18.9 Å². The van der Waals surface area contributed by atoms with Crippen LogP contribution in [0.1, 0.15) is 10.6 Å². The fraction of sp³-hybridized carbons (Fsp3) is 0.750. The second-order valence-corrected chi connectivity index (χ2v) is 5.15. The highest BCUT2D eigenvalue weighted by molar-refractivity contribution is 7.15. The summed E-state index contributed by atoms with van der Waals surface area (Å²) < 4.78 is 10.1. The van der Waals surface area contributed by atoms with Gasteiger partial charge in [-0.15, -0.1) is 11.3 Å². The van der Waals surface area contributed by atoms with Crippen LogP contribution in [0.4, 0.5) is 5.13 Å². The number of anilines is 1. The van der Waals surface area contributed by atoms with Crippen LogP contribution in [0.15, 0.2) is 0 Å². The Morgan fingerprint density at radius 1 is 1.28 bits per heavy atom. The first-order valence-corrected chi connectivity index (χ1v) is 6.86. The summed E-state index contributed by atoms with van der Waals surface area (Å²) in [5.41, 5.74) is 1.10. The summed E-state index contributed by atoms with van der Waals surface area (Å²) in [4.78, 5) is 7.99. The molecule has 0 spiro atoms. The number of nitrogens with one attached hydrogen (secondary N) is 1. The van der Waals surface area contributed by atoms with E-state index in [9.17, 15) is 0 Å². The third-order valence-electron chi connectivity index (χ3n) is 2.61. The van der Waals surface area contributed by atoms with Crippen molar-refractivity contribution in [3.05, 3.63) is 10.6 Å². The summed E-state index contributed by atoms with van der Waals surface area (Å²) in [5.74, 6) is 0. The number of thiazole rings is 1. The molecule has 0 aliphatic rings. The molecule has 0 aromatic carbocycles. The third kappa shape index (κ3) is 4.89. The van der Waals surface area contributed by atoms with Crippen molar-refractivity contribution in [2.75, 3.05) is 52.5 Å². The maximum Gasteiger partial charge on any atom is 0.185 e. The lowest BCUT2D eigenvalue weighted by Crippen LogP contribution is -2.21. The van der Waals surface area contributed by atoms with Crippen molar-refractivity contribution in [2.45, 2.75) is 13.5 Å². The molecule has 6 heteroatoms. The van der Waals surface area contributed by atoms with E-state index in [1.165, 1.54) is 4.88 Å². The highest BCUT2D eigenvalue weighted by Gasteiger charge is 2.10. The molecule has 0 aliphatic carbocycles. The van der Waals surface area contributed by atoms with E-state index < -0.39 is 0 Å². The molecule has 1 aromatic rings. The molecule has 1 N–H and O–H groups in total. The largest absolute Gasteiger partial charge is 0.383 e. The summed E-state index contributed by atoms with van der Waals surface area (Å²) >= 11 is 1.73. The molecule has 104 valence electrons. The molecule has 0 saturated carbocycles. The molecule has 1 heterocycles. The van der Waals surface area contributed by atoms with E-state index in [1.807, 2.05) is 7.05 Å². The zero-order valence-electron chi connectivity index (χ0n) is 11.7. The molecular formula is C12H23N3O2S. The maximum absolute atomic E-state index is 5.07. The maximum atomic E-state index is 5.07. The van der Waals surface area contributed by atoms with Gasteiger partial charge < -0.3 is 19.7 Å². The van der Waals surface area contributed by atoms with Gasteiger partial charge in [-0.2, -0.15) is 0 Å². The van der Waals surface area contributed by atoms with Crippen molar-refractivity contribution < 1.29 is 9.47 Å². The minimum Gasteiger partial charge on any atom is -0.383 e. The van der Waals surface area contributed by atoms with Crippen molar-refractivity contribution in [3.63, 3.8) is 0 Å². The molecule has 0 unspecified atom stereocenters. The van der Waals surface area contributed by atoms with E-state index in [1.54, 1.807) is 25.6 Å². The molecule has 0 amide bonds. The lowest BCUT2D eigenvalue weighted by Gasteiger charge is -2.14. The number of hydrogen-bond acceptors (Lipinski definition) is 6. The molecule has 1 aromatic heterocycles. The van der Waals surface area contributed by atoms with Gasteiger partial charge in [-0.1, -0.05) is 0 Å². The van der Waals surface area contributed by atoms with E-state index in [0.29, 0.717) is 0 Å². The number of rotatable bonds is 9. The zero-order valence-corrected chi connectivity index (χ0v) is 12.5. The van der Waals surface area contributed by atoms with Gasteiger partial charge in [-0.25, -0.2) is 4.98 Å². The molecule has 0 bridgehead atoms. The van der Waals surface area contributed by atoms with Crippen molar-refractivity contribution in [3.8, 4) is 0 Å². The Hall–Kier alpha value is -0.690. The third-order valence-corrected chi connectivity index (χ3v) is 3.88. The Morgan fingerprint density at radius 3 is 2.67 bits per heavy atom. The molecule has 0 saturated heterocycles. The molecule has 5 nitrogen and oxygen atoms in total. The molecule has 1 rings (SSSR count). The van der Waals surface area contributed by atoms with Crippen molar-refractivity contribution in [1.29, 1.82) is 0 Å². The number of aromatic nitrogens is 1. The van der Waals surface area contributed by atoms with Gasteiger partial charge in [-0.05, 0) is 6.92 Å². The number of aryl methyl sites for hydroxylation is 1. The van der Waals surface area contributed by atoms with Gasteiger partial charge in [0.2, 0.25) is 0 Å². The predicted octanol–water partition coefficient (Wildman–Crippen LogP) is 1.27. The van der Waals surface area contributed by atoms with Crippen molar-refractivity contribution in [1.82, 2.24) is 10.3 Å². The molecule has 0 aliphatic heterocycles. The quantitative estimate of drug-likeness (QED) is 0.687. The van der Waals surface area contributed by atoms with Crippen LogP contribution in [0.3, 0.4) is 0 Å². The highest BCUT2D eigenvalue weighted by atomic mass is 32.1. The van der Waals surface area contributed by atoms with Crippen molar-refractivity contribution in [2.24, 2.45) is 0 Å². The highest BCUT2D eigenvalue weighted by Crippen LogP contribution is 2.24. The smallest absolute Gasteiger partial charge is 0.185 e. The van der Waals surface area contributed by atoms with Gasteiger partial charge in [0.1, 0.15) is 0 Å². The number of methoxy groups -OCH3 is 2. The molecular weight excluding hydrogens is 250 g/mol. The Bertz CT molecular complexity index is 344. The second-order valence-electron chi connectivity index (χ2n) is 4.09. The minimum atomic E-state index is 0.719. The summed E-state index contributed by atoms with van der Waals surface area (Å²) in [5, 5.41) is 4.39. The van der Waals surface area contributed by atoms with E-state index in [4.69, 9.17) is 9.47 Å². The van der Waals surface area contributed by atoms with Gasteiger partial charge in [0.25, 0.3) is 0 Å². The molecule has 0 radical (unpaired) electrons. The van der Waals surface area contributed by atoms with Crippen LogP contribution in [0.5, 0.6) is 0 Å². The van der Waals surface area contributed by atoms with Crippen LogP contribution in [-0.4, -0.2) is 52.6 Å². The first kappa shape index (κ1) is 15.4. The van der Waals surface area contributed by atoms with E-state index in [0.717, 1.165) is 43.7 Å². The fourth-order valence-electron chi connectivity index (χ4n) is 1.44. The molecule has 18 heavy (non-hydrogen) atoms. The van der Waals surface area contributed by atoms with Gasteiger partial charge in [-0.3, -0.25) is 0 Å². The Morgan fingerprint density at radius 2 is 2.00 bits per heavy atom. The number of likely N-dealkylation sites (N-methyl/N-ethyl adjacent to an activating group) is 1. The van der Waals surface area contributed by atoms with Crippen molar-refractivity contribution >= 4 is 16.5 Å². The Kier molecular flexibility index (Phi) is 7.19. The Labute approximate surface area is 113 Å². The van der Waals surface area contributed by atoms with Crippen LogP contribution in [0.2, 0.25) is 0 Å². The van der Waals surface area contributed by atoms with Crippen LogP contribution >= 0.6 is 11.3 Å². The monoisotopic (exact) mass is 273 g/mol. The normalized spacial score (nSPS) is 10.9. The first-order chi connectivity index (χ1) is 8.69. The molecule has 0 atom stereocenters. The summed E-state index contributed by atoms with van der Waals surface area (Å²) in [7, 11) is 5.47. The fourth-order valence-corrected chi connectivity index (χ4v) is 2.46.